The second-order valence-corrected chi connectivity index (χ2v) is 3.45. The summed E-state index contributed by atoms with van der Waals surface area (Å²) in [4.78, 5) is 2.42. The van der Waals surface area contributed by atoms with E-state index in [2.05, 4.69) is 31.7 Å². The van der Waals surface area contributed by atoms with E-state index in [1.165, 1.54) is 0 Å². The van der Waals surface area contributed by atoms with Gasteiger partial charge in [0.05, 0.1) is 12.4 Å². The van der Waals surface area contributed by atoms with Gasteiger partial charge >= 0.3 is 0 Å². The van der Waals surface area contributed by atoms with Gasteiger partial charge in [-0.1, -0.05) is 20.8 Å². The standard InChI is InChI=1S/C12H25NO/c1-5-9-12(4)14-11-8-10-13(6-2)7-3/h9H,5-8,10-11H2,1-4H3. The van der Waals surface area contributed by atoms with Gasteiger partial charge in [-0.15, -0.1) is 0 Å². The molecule has 0 fully saturated rings. The lowest BCUT2D eigenvalue weighted by atomic mass is 10.3. The van der Waals surface area contributed by atoms with Crippen molar-refractivity contribution in [3.05, 3.63) is 11.8 Å². The molecule has 0 aliphatic rings. The van der Waals surface area contributed by atoms with Crippen LogP contribution in [0.15, 0.2) is 11.8 Å². The van der Waals surface area contributed by atoms with Gasteiger partial charge in [0.2, 0.25) is 0 Å². The second-order valence-electron chi connectivity index (χ2n) is 3.45. The van der Waals surface area contributed by atoms with Crippen molar-refractivity contribution in [3.8, 4) is 0 Å². The molecule has 2 nitrogen and oxygen atoms in total. The minimum Gasteiger partial charge on any atom is -0.499 e. The molecule has 0 aromatic carbocycles. The Morgan fingerprint density at radius 3 is 2.36 bits per heavy atom. The molecule has 0 heterocycles. The molecule has 0 unspecified atom stereocenters. The summed E-state index contributed by atoms with van der Waals surface area (Å²) in [5.74, 6) is 1.06. The zero-order valence-electron chi connectivity index (χ0n) is 10.2. The number of hydrogen-bond donors (Lipinski definition) is 0. The molecule has 0 rings (SSSR count). The van der Waals surface area contributed by atoms with Crippen LogP contribution in [0, 0.1) is 0 Å². The summed E-state index contributed by atoms with van der Waals surface area (Å²) in [6, 6.07) is 0. The Bertz CT molecular complexity index is 150. The highest BCUT2D eigenvalue weighted by atomic mass is 16.5. The van der Waals surface area contributed by atoms with E-state index >= 15 is 0 Å². The van der Waals surface area contributed by atoms with Gasteiger partial charge in [-0.2, -0.15) is 0 Å². The van der Waals surface area contributed by atoms with Gasteiger partial charge in [0.1, 0.15) is 0 Å². The number of hydrogen-bond acceptors (Lipinski definition) is 2. The molecule has 0 aromatic heterocycles. The van der Waals surface area contributed by atoms with Crippen molar-refractivity contribution < 1.29 is 4.74 Å². The van der Waals surface area contributed by atoms with Gasteiger partial charge in [0, 0.05) is 6.54 Å². The number of ether oxygens (including phenoxy) is 1. The molecule has 84 valence electrons. The van der Waals surface area contributed by atoms with E-state index < -0.39 is 0 Å². The van der Waals surface area contributed by atoms with Crippen molar-refractivity contribution in [1.82, 2.24) is 4.90 Å². The van der Waals surface area contributed by atoms with Crippen LogP contribution in [0.4, 0.5) is 0 Å². The minimum absolute atomic E-state index is 0.846. The maximum Gasteiger partial charge on any atom is 0.0889 e. The van der Waals surface area contributed by atoms with Crippen LogP contribution in [0.3, 0.4) is 0 Å². The smallest absolute Gasteiger partial charge is 0.0889 e. The number of nitrogens with zero attached hydrogens (tertiary/aromatic N) is 1. The molecule has 0 N–H and O–H groups in total. The summed E-state index contributed by atoms with van der Waals surface area (Å²) >= 11 is 0. The lowest BCUT2D eigenvalue weighted by molar-refractivity contribution is 0.187. The monoisotopic (exact) mass is 199 g/mol. The third-order valence-electron chi connectivity index (χ3n) is 2.33. The first-order valence-corrected chi connectivity index (χ1v) is 5.76. The van der Waals surface area contributed by atoms with Crippen LogP contribution in [0.1, 0.15) is 40.5 Å². The van der Waals surface area contributed by atoms with Crippen LogP contribution in [-0.2, 0) is 4.74 Å². The quantitative estimate of drug-likeness (QED) is 0.440. The van der Waals surface area contributed by atoms with Crippen LogP contribution in [0.25, 0.3) is 0 Å². The molecule has 2 heteroatoms. The first kappa shape index (κ1) is 13.5. The van der Waals surface area contributed by atoms with Gasteiger partial charge in [0.25, 0.3) is 0 Å². The summed E-state index contributed by atoms with van der Waals surface area (Å²) in [7, 11) is 0. The maximum absolute atomic E-state index is 5.56. The first-order valence-electron chi connectivity index (χ1n) is 5.76. The summed E-state index contributed by atoms with van der Waals surface area (Å²) in [5.41, 5.74) is 0. The molecule has 0 bridgehead atoms. The topological polar surface area (TPSA) is 12.5 Å². The summed E-state index contributed by atoms with van der Waals surface area (Å²) in [6.45, 7) is 12.8. The fourth-order valence-corrected chi connectivity index (χ4v) is 1.41. The summed E-state index contributed by atoms with van der Waals surface area (Å²) in [6.07, 6.45) is 4.30. The summed E-state index contributed by atoms with van der Waals surface area (Å²) in [5, 5.41) is 0. The molecule has 0 aromatic rings. The van der Waals surface area contributed by atoms with Crippen LogP contribution >= 0.6 is 0 Å². The molecule has 0 aliphatic heterocycles. The predicted octanol–water partition coefficient (Wildman–Crippen LogP) is 3.05. The summed E-state index contributed by atoms with van der Waals surface area (Å²) < 4.78 is 5.56. The zero-order chi connectivity index (χ0) is 10.8. The third-order valence-corrected chi connectivity index (χ3v) is 2.33. The zero-order valence-corrected chi connectivity index (χ0v) is 10.2. The normalized spacial score (nSPS) is 12.2. The Hall–Kier alpha value is -0.500. The molecule has 0 saturated carbocycles. The highest BCUT2D eigenvalue weighted by Crippen LogP contribution is 1.99. The van der Waals surface area contributed by atoms with Crippen LogP contribution in [0.5, 0.6) is 0 Å². The van der Waals surface area contributed by atoms with E-state index in [0.717, 1.165) is 44.8 Å². The average molecular weight is 199 g/mol. The van der Waals surface area contributed by atoms with E-state index in [-0.39, 0.29) is 0 Å². The van der Waals surface area contributed by atoms with Crippen molar-refractivity contribution >= 4 is 0 Å². The molecule has 0 spiro atoms. The molecular formula is C12H25NO. The largest absolute Gasteiger partial charge is 0.499 e. The predicted molar refractivity (Wildman–Crippen MR) is 62.4 cm³/mol. The van der Waals surface area contributed by atoms with E-state index in [9.17, 15) is 0 Å². The van der Waals surface area contributed by atoms with Crippen LogP contribution in [-0.4, -0.2) is 31.1 Å². The maximum atomic E-state index is 5.56. The molecule has 0 atom stereocenters. The molecule has 14 heavy (non-hydrogen) atoms. The molecular weight excluding hydrogens is 174 g/mol. The van der Waals surface area contributed by atoms with Gasteiger partial charge in [-0.25, -0.2) is 0 Å². The number of allylic oxidation sites excluding steroid dienone is 2. The molecule has 0 aliphatic carbocycles. The van der Waals surface area contributed by atoms with Crippen molar-refractivity contribution in [1.29, 1.82) is 0 Å². The van der Waals surface area contributed by atoms with Gasteiger partial charge in [-0.3, -0.25) is 0 Å². The van der Waals surface area contributed by atoms with Crippen molar-refractivity contribution in [2.45, 2.75) is 40.5 Å². The van der Waals surface area contributed by atoms with Crippen LogP contribution in [0.2, 0.25) is 0 Å². The molecule has 0 amide bonds. The van der Waals surface area contributed by atoms with E-state index in [1.54, 1.807) is 0 Å². The lowest BCUT2D eigenvalue weighted by Gasteiger charge is -2.17. The van der Waals surface area contributed by atoms with E-state index in [0.29, 0.717) is 0 Å². The molecule has 0 saturated heterocycles. The third kappa shape index (κ3) is 6.96. The average Bonchev–Trinajstić information content (AvgIpc) is 2.19. The Kier molecular flexibility index (Phi) is 8.75. The highest BCUT2D eigenvalue weighted by Gasteiger charge is 1.98. The van der Waals surface area contributed by atoms with Gasteiger partial charge in [-0.05, 0) is 38.9 Å². The second kappa shape index (κ2) is 9.07. The SMILES string of the molecule is CCC=C(C)OCCCN(CC)CC. The van der Waals surface area contributed by atoms with E-state index in [4.69, 9.17) is 4.74 Å². The highest BCUT2D eigenvalue weighted by molar-refractivity contribution is 4.86. The van der Waals surface area contributed by atoms with Gasteiger partial charge < -0.3 is 9.64 Å². The first-order chi connectivity index (χ1) is 6.74. The van der Waals surface area contributed by atoms with Crippen molar-refractivity contribution in [2.24, 2.45) is 0 Å². The molecule has 0 radical (unpaired) electrons. The number of rotatable bonds is 8. The Labute approximate surface area is 88.9 Å². The van der Waals surface area contributed by atoms with Crippen molar-refractivity contribution in [3.63, 3.8) is 0 Å². The minimum atomic E-state index is 0.846. The fourth-order valence-electron chi connectivity index (χ4n) is 1.41. The fraction of sp³-hybridized carbons (Fsp3) is 0.833. The Balaban J connectivity index is 3.41. The van der Waals surface area contributed by atoms with Crippen molar-refractivity contribution in [2.75, 3.05) is 26.2 Å². The lowest BCUT2D eigenvalue weighted by Crippen LogP contribution is -2.24. The van der Waals surface area contributed by atoms with Crippen LogP contribution < -0.4 is 0 Å². The van der Waals surface area contributed by atoms with Gasteiger partial charge in [0.15, 0.2) is 0 Å². The van der Waals surface area contributed by atoms with E-state index in [1.807, 2.05) is 6.92 Å². The Morgan fingerprint density at radius 1 is 1.21 bits per heavy atom. The Morgan fingerprint density at radius 2 is 1.86 bits per heavy atom.